The highest BCUT2D eigenvalue weighted by Crippen LogP contribution is 2.22. The smallest absolute Gasteiger partial charge is 0.309 e. The van der Waals surface area contributed by atoms with Crippen molar-refractivity contribution in [1.29, 1.82) is 0 Å². The van der Waals surface area contributed by atoms with E-state index < -0.39 is 4.92 Å². The summed E-state index contributed by atoms with van der Waals surface area (Å²) in [7, 11) is 0. The highest BCUT2D eigenvalue weighted by atomic mass is 32.1. The Kier molecular flexibility index (Phi) is 4.01. The SMILES string of the molecule is O=[N+]([O-])c1cc(CNCc2cccc(F)c2)cs1. The third kappa shape index (κ3) is 3.35. The van der Waals surface area contributed by atoms with Crippen LogP contribution in [0.4, 0.5) is 9.39 Å². The predicted octanol–water partition coefficient (Wildman–Crippen LogP) is 3.09. The summed E-state index contributed by atoms with van der Waals surface area (Å²) in [6, 6.07) is 7.88. The van der Waals surface area contributed by atoms with E-state index in [4.69, 9.17) is 0 Å². The van der Waals surface area contributed by atoms with E-state index in [0.717, 1.165) is 22.5 Å². The summed E-state index contributed by atoms with van der Waals surface area (Å²) in [5, 5.41) is 15.5. The molecule has 0 aliphatic heterocycles. The molecule has 0 unspecified atom stereocenters. The molecule has 4 nitrogen and oxygen atoms in total. The summed E-state index contributed by atoms with van der Waals surface area (Å²) in [5.41, 5.74) is 1.71. The molecule has 0 saturated carbocycles. The maximum Gasteiger partial charge on any atom is 0.324 e. The topological polar surface area (TPSA) is 55.2 Å². The van der Waals surface area contributed by atoms with Crippen molar-refractivity contribution in [3.05, 3.63) is 62.8 Å². The van der Waals surface area contributed by atoms with Gasteiger partial charge in [-0.2, -0.15) is 0 Å². The van der Waals surface area contributed by atoms with Gasteiger partial charge in [-0.25, -0.2) is 4.39 Å². The molecule has 1 N–H and O–H groups in total. The second-order valence-electron chi connectivity index (χ2n) is 3.78. The molecular weight excluding hydrogens is 255 g/mol. The number of hydrogen-bond acceptors (Lipinski definition) is 4. The molecule has 1 aromatic carbocycles. The molecule has 0 spiro atoms. The number of nitro groups is 1. The fourth-order valence-corrected chi connectivity index (χ4v) is 2.28. The van der Waals surface area contributed by atoms with Crippen LogP contribution in [0.5, 0.6) is 0 Å². The van der Waals surface area contributed by atoms with Gasteiger partial charge in [-0.05, 0) is 23.3 Å². The Balaban J connectivity index is 1.86. The highest BCUT2D eigenvalue weighted by molar-refractivity contribution is 7.13. The van der Waals surface area contributed by atoms with E-state index in [9.17, 15) is 14.5 Å². The van der Waals surface area contributed by atoms with Crippen LogP contribution in [0.15, 0.2) is 35.7 Å². The van der Waals surface area contributed by atoms with Crippen LogP contribution in [0.1, 0.15) is 11.1 Å². The van der Waals surface area contributed by atoms with Crippen LogP contribution >= 0.6 is 11.3 Å². The lowest BCUT2D eigenvalue weighted by molar-refractivity contribution is -0.380. The van der Waals surface area contributed by atoms with Gasteiger partial charge in [-0.3, -0.25) is 10.1 Å². The Hall–Kier alpha value is -1.79. The van der Waals surface area contributed by atoms with Gasteiger partial charge in [-0.15, -0.1) is 0 Å². The first-order chi connectivity index (χ1) is 8.65. The van der Waals surface area contributed by atoms with E-state index in [1.807, 2.05) is 6.07 Å². The van der Waals surface area contributed by atoms with E-state index >= 15 is 0 Å². The van der Waals surface area contributed by atoms with Gasteiger partial charge in [0, 0.05) is 24.5 Å². The standard InChI is InChI=1S/C12H11FN2O2S/c13-11-3-1-2-9(4-11)6-14-7-10-5-12(15(16)17)18-8-10/h1-5,8,14H,6-7H2. The lowest BCUT2D eigenvalue weighted by Crippen LogP contribution is -2.12. The van der Waals surface area contributed by atoms with Gasteiger partial charge >= 0.3 is 5.00 Å². The van der Waals surface area contributed by atoms with Crippen molar-refractivity contribution >= 4 is 16.3 Å². The summed E-state index contributed by atoms with van der Waals surface area (Å²) >= 11 is 1.11. The first-order valence-corrected chi connectivity index (χ1v) is 6.20. The molecular formula is C12H11FN2O2S. The summed E-state index contributed by atoms with van der Waals surface area (Å²) in [6.45, 7) is 1.06. The maximum absolute atomic E-state index is 12.9. The molecule has 2 rings (SSSR count). The molecule has 0 fully saturated rings. The van der Waals surface area contributed by atoms with Crippen molar-refractivity contribution in [3.63, 3.8) is 0 Å². The molecule has 0 bridgehead atoms. The van der Waals surface area contributed by atoms with E-state index in [0.29, 0.717) is 13.1 Å². The lowest BCUT2D eigenvalue weighted by atomic mass is 10.2. The zero-order valence-corrected chi connectivity index (χ0v) is 10.2. The van der Waals surface area contributed by atoms with E-state index in [1.54, 1.807) is 17.5 Å². The second-order valence-corrected chi connectivity index (χ2v) is 4.67. The minimum Gasteiger partial charge on any atom is -0.309 e. The van der Waals surface area contributed by atoms with Crippen molar-refractivity contribution < 1.29 is 9.31 Å². The summed E-state index contributed by atoms with van der Waals surface area (Å²) in [4.78, 5) is 10.1. The molecule has 0 aliphatic rings. The lowest BCUT2D eigenvalue weighted by Gasteiger charge is -2.03. The fourth-order valence-electron chi connectivity index (χ4n) is 1.55. The number of thiophene rings is 1. The number of nitrogens with zero attached hydrogens (tertiary/aromatic N) is 1. The largest absolute Gasteiger partial charge is 0.324 e. The van der Waals surface area contributed by atoms with Crippen LogP contribution < -0.4 is 5.32 Å². The van der Waals surface area contributed by atoms with Gasteiger partial charge in [0.2, 0.25) is 0 Å². The zero-order valence-electron chi connectivity index (χ0n) is 9.43. The average molecular weight is 266 g/mol. The average Bonchev–Trinajstić information content (AvgIpc) is 2.78. The van der Waals surface area contributed by atoms with Crippen LogP contribution in [0.3, 0.4) is 0 Å². The number of nitrogens with one attached hydrogen (secondary N) is 1. The van der Waals surface area contributed by atoms with Crippen LogP contribution in [0, 0.1) is 15.9 Å². The third-order valence-corrected chi connectivity index (χ3v) is 3.30. The van der Waals surface area contributed by atoms with Gasteiger partial charge in [0.25, 0.3) is 0 Å². The molecule has 0 amide bonds. The van der Waals surface area contributed by atoms with E-state index in [-0.39, 0.29) is 10.8 Å². The summed E-state index contributed by atoms with van der Waals surface area (Å²) < 4.78 is 12.9. The van der Waals surface area contributed by atoms with Crippen LogP contribution in [0.25, 0.3) is 0 Å². The number of benzene rings is 1. The molecule has 0 atom stereocenters. The number of rotatable bonds is 5. The summed E-state index contributed by atoms with van der Waals surface area (Å²) in [5.74, 6) is -0.263. The number of halogens is 1. The first kappa shape index (κ1) is 12.7. The van der Waals surface area contributed by atoms with Gasteiger partial charge in [0.1, 0.15) is 5.82 Å². The Morgan fingerprint density at radius 3 is 2.72 bits per heavy atom. The Labute approximate surface area is 107 Å². The normalized spacial score (nSPS) is 10.5. The molecule has 6 heteroatoms. The molecule has 2 aromatic rings. The Morgan fingerprint density at radius 2 is 2.06 bits per heavy atom. The highest BCUT2D eigenvalue weighted by Gasteiger charge is 2.08. The summed E-state index contributed by atoms with van der Waals surface area (Å²) in [6.07, 6.45) is 0. The first-order valence-electron chi connectivity index (χ1n) is 5.32. The van der Waals surface area contributed by atoms with Crippen molar-refractivity contribution in [2.24, 2.45) is 0 Å². The number of hydrogen-bond donors (Lipinski definition) is 1. The monoisotopic (exact) mass is 266 g/mol. The molecule has 1 heterocycles. The van der Waals surface area contributed by atoms with Gasteiger partial charge in [0.05, 0.1) is 4.92 Å². The van der Waals surface area contributed by atoms with E-state index in [1.165, 1.54) is 12.1 Å². The molecule has 0 aliphatic carbocycles. The van der Waals surface area contributed by atoms with Gasteiger partial charge in [-0.1, -0.05) is 23.5 Å². The van der Waals surface area contributed by atoms with Crippen molar-refractivity contribution in [3.8, 4) is 0 Å². The second kappa shape index (κ2) is 5.70. The Morgan fingerprint density at radius 1 is 1.28 bits per heavy atom. The van der Waals surface area contributed by atoms with Crippen molar-refractivity contribution in [2.75, 3.05) is 0 Å². The molecule has 18 heavy (non-hydrogen) atoms. The molecule has 0 saturated heterocycles. The zero-order chi connectivity index (χ0) is 13.0. The van der Waals surface area contributed by atoms with Gasteiger partial charge in [0.15, 0.2) is 0 Å². The maximum atomic E-state index is 12.9. The fraction of sp³-hybridized carbons (Fsp3) is 0.167. The molecule has 94 valence electrons. The molecule has 0 radical (unpaired) electrons. The minimum absolute atomic E-state index is 0.137. The Bertz CT molecular complexity index is 557. The quantitative estimate of drug-likeness (QED) is 0.668. The van der Waals surface area contributed by atoms with Crippen LogP contribution in [-0.4, -0.2) is 4.92 Å². The van der Waals surface area contributed by atoms with Crippen molar-refractivity contribution in [1.82, 2.24) is 5.32 Å². The van der Waals surface area contributed by atoms with Crippen molar-refractivity contribution in [2.45, 2.75) is 13.1 Å². The minimum atomic E-state index is -0.402. The van der Waals surface area contributed by atoms with E-state index in [2.05, 4.69) is 5.32 Å². The molecule has 1 aromatic heterocycles. The van der Waals surface area contributed by atoms with Crippen LogP contribution in [-0.2, 0) is 13.1 Å². The van der Waals surface area contributed by atoms with Gasteiger partial charge < -0.3 is 5.32 Å². The predicted molar refractivity (Wildman–Crippen MR) is 67.9 cm³/mol. The third-order valence-electron chi connectivity index (χ3n) is 2.37. The van der Waals surface area contributed by atoms with Crippen LogP contribution in [0.2, 0.25) is 0 Å².